The number of nitrogens with one attached hydrogen (secondary N) is 2. The SMILES string of the molecule is COCC(=O)Nc1ccc(N2C(=S)NC(c3ccccn3)C2c2ccn(-c3ccccc3)c2)cc1C. The minimum absolute atomic E-state index is 0.00750. The maximum absolute atomic E-state index is 12.0. The number of nitrogens with zero attached hydrogens (tertiary/aromatic N) is 3. The standard InChI is InChI=1S/C28H27N5O2S/c1-19-16-22(11-12-23(19)30-25(34)18-35-2)33-27(26(31-28(33)36)24-10-6-7-14-29-24)20-13-15-32(17-20)21-8-4-3-5-9-21/h3-17,26-27H,18H2,1-2H3,(H,30,34)(H,31,36). The first-order valence-corrected chi connectivity index (χ1v) is 12.1. The normalized spacial score (nSPS) is 17.2. The number of amides is 1. The fourth-order valence-corrected chi connectivity index (χ4v) is 4.92. The van der Waals surface area contributed by atoms with Crippen molar-refractivity contribution in [2.75, 3.05) is 23.9 Å². The van der Waals surface area contributed by atoms with Gasteiger partial charge in [0.05, 0.1) is 17.8 Å². The van der Waals surface area contributed by atoms with Crippen LogP contribution in [0.4, 0.5) is 11.4 Å². The Morgan fingerprint density at radius 3 is 2.61 bits per heavy atom. The van der Waals surface area contributed by atoms with Gasteiger partial charge in [-0.05, 0) is 78.8 Å². The third-order valence-electron chi connectivity index (χ3n) is 6.25. The number of hydrogen-bond acceptors (Lipinski definition) is 4. The van der Waals surface area contributed by atoms with Gasteiger partial charge in [0.1, 0.15) is 6.61 Å². The molecule has 1 fully saturated rings. The number of anilines is 2. The van der Waals surface area contributed by atoms with Crippen molar-refractivity contribution >= 4 is 34.6 Å². The Bertz CT molecular complexity index is 1370. The Kier molecular flexibility index (Phi) is 6.79. The molecule has 1 aliphatic rings. The molecule has 2 unspecified atom stereocenters. The second-order valence-corrected chi connectivity index (χ2v) is 9.05. The Hall–Kier alpha value is -4.01. The summed E-state index contributed by atoms with van der Waals surface area (Å²) in [5.74, 6) is -0.193. The summed E-state index contributed by atoms with van der Waals surface area (Å²) >= 11 is 5.85. The quantitative estimate of drug-likeness (QED) is 0.353. The van der Waals surface area contributed by atoms with E-state index in [0.29, 0.717) is 5.11 Å². The number of rotatable bonds is 7. The molecule has 1 aliphatic heterocycles. The van der Waals surface area contributed by atoms with Crippen molar-refractivity contribution in [1.29, 1.82) is 0 Å². The first-order valence-electron chi connectivity index (χ1n) is 11.7. The van der Waals surface area contributed by atoms with Crippen LogP contribution < -0.4 is 15.5 Å². The largest absolute Gasteiger partial charge is 0.375 e. The van der Waals surface area contributed by atoms with E-state index in [4.69, 9.17) is 17.0 Å². The van der Waals surface area contributed by atoms with Gasteiger partial charge in [0.15, 0.2) is 5.11 Å². The van der Waals surface area contributed by atoms with Crippen molar-refractivity contribution in [2.45, 2.75) is 19.0 Å². The number of aryl methyl sites for hydroxylation is 1. The monoisotopic (exact) mass is 497 g/mol. The molecular weight excluding hydrogens is 470 g/mol. The van der Waals surface area contributed by atoms with E-state index >= 15 is 0 Å². The Morgan fingerprint density at radius 2 is 1.89 bits per heavy atom. The van der Waals surface area contributed by atoms with Crippen LogP contribution in [0, 0.1) is 6.92 Å². The van der Waals surface area contributed by atoms with E-state index < -0.39 is 0 Å². The smallest absolute Gasteiger partial charge is 0.250 e. The molecule has 2 aromatic heterocycles. The number of carbonyl (C=O) groups excluding carboxylic acids is 1. The third-order valence-corrected chi connectivity index (χ3v) is 6.56. The van der Waals surface area contributed by atoms with Crippen molar-refractivity contribution in [2.24, 2.45) is 0 Å². The molecule has 0 saturated carbocycles. The summed E-state index contributed by atoms with van der Waals surface area (Å²) in [5.41, 5.74) is 5.72. The van der Waals surface area contributed by atoms with E-state index in [0.717, 1.165) is 33.9 Å². The molecule has 0 aliphatic carbocycles. The fraction of sp³-hybridized carbons (Fsp3) is 0.179. The predicted molar refractivity (Wildman–Crippen MR) is 145 cm³/mol. The van der Waals surface area contributed by atoms with E-state index in [9.17, 15) is 4.79 Å². The van der Waals surface area contributed by atoms with Gasteiger partial charge < -0.3 is 24.8 Å². The van der Waals surface area contributed by atoms with Crippen LogP contribution in [0.1, 0.15) is 28.9 Å². The summed E-state index contributed by atoms with van der Waals surface area (Å²) in [4.78, 5) is 18.8. The molecule has 8 heteroatoms. The molecule has 5 rings (SSSR count). The maximum atomic E-state index is 12.0. The number of methoxy groups -OCH3 is 1. The van der Waals surface area contributed by atoms with Crippen LogP contribution in [0.5, 0.6) is 0 Å². The van der Waals surface area contributed by atoms with Gasteiger partial charge in [0, 0.05) is 42.8 Å². The Balaban J connectivity index is 1.53. The molecule has 1 saturated heterocycles. The molecular formula is C28H27N5O2S. The lowest BCUT2D eigenvalue weighted by molar-refractivity contribution is -0.119. The van der Waals surface area contributed by atoms with Crippen LogP contribution >= 0.6 is 12.2 Å². The molecule has 182 valence electrons. The molecule has 4 aromatic rings. The highest BCUT2D eigenvalue weighted by molar-refractivity contribution is 7.80. The molecule has 7 nitrogen and oxygen atoms in total. The number of hydrogen-bond donors (Lipinski definition) is 2. The summed E-state index contributed by atoms with van der Waals surface area (Å²) < 4.78 is 7.05. The summed E-state index contributed by atoms with van der Waals surface area (Å²) in [6, 6.07) is 23.9. The third kappa shape index (κ3) is 4.73. The first kappa shape index (κ1) is 23.7. The lowest BCUT2D eigenvalue weighted by atomic mass is 9.98. The number of thiocarbonyl (C=S) groups is 1. The van der Waals surface area contributed by atoms with E-state index in [1.165, 1.54) is 7.11 Å². The van der Waals surface area contributed by atoms with Gasteiger partial charge in [-0.3, -0.25) is 9.78 Å². The zero-order chi connectivity index (χ0) is 25.1. The molecule has 0 radical (unpaired) electrons. The second kappa shape index (κ2) is 10.3. The highest BCUT2D eigenvalue weighted by Gasteiger charge is 2.41. The Morgan fingerprint density at radius 1 is 1.08 bits per heavy atom. The van der Waals surface area contributed by atoms with Gasteiger partial charge in [-0.2, -0.15) is 0 Å². The fourth-order valence-electron chi connectivity index (χ4n) is 4.58. The van der Waals surface area contributed by atoms with Crippen LogP contribution in [-0.4, -0.2) is 34.3 Å². The average Bonchev–Trinajstić information content (AvgIpc) is 3.51. The van der Waals surface area contributed by atoms with Crippen molar-refractivity contribution in [3.63, 3.8) is 0 Å². The van der Waals surface area contributed by atoms with Crippen LogP contribution in [0.25, 0.3) is 5.69 Å². The van der Waals surface area contributed by atoms with Gasteiger partial charge in [-0.1, -0.05) is 24.3 Å². The molecule has 0 bridgehead atoms. The molecule has 2 N–H and O–H groups in total. The van der Waals surface area contributed by atoms with Gasteiger partial charge in [0.2, 0.25) is 5.91 Å². The number of ether oxygens (including phenoxy) is 1. The zero-order valence-electron chi connectivity index (χ0n) is 20.1. The molecule has 0 spiro atoms. The topological polar surface area (TPSA) is 71.4 Å². The lowest BCUT2D eigenvalue weighted by Gasteiger charge is -2.28. The second-order valence-electron chi connectivity index (χ2n) is 8.66. The van der Waals surface area contributed by atoms with E-state index in [1.807, 2.05) is 61.5 Å². The van der Waals surface area contributed by atoms with Gasteiger partial charge in [-0.15, -0.1) is 0 Å². The van der Waals surface area contributed by atoms with E-state index in [-0.39, 0.29) is 24.6 Å². The van der Waals surface area contributed by atoms with Gasteiger partial charge in [0.25, 0.3) is 0 Å². The molecule has 3 heterocycles. The minimum atomic E-state index is -0.193. The molecule has 2 aromatic carbocycles. The number of carbonyl (C=O) groups is 1. The summed E-state index contributed by atoms with van der Waals surface area (Å²) in [6.45, 7) is 1.98. The van der Waals surface area contributed by atoms with Gasteiger partial charge in [-0.25, -0.2) is 0 Å². The van der Waals surface area contributed by atoms with E-state index in [1.54, 1.807) is 6.20 Å². The maximum Gasteiger partial charge on any atom is 0.250 e. The van der Waals surface area contributed by atoms with Crippen molar-refractivity contribution < 1.29 is 9.53 Å². The minimum Gasteiger partial charge on any atom is -0.375 e. The zero-order valence-corrected chi connectivity index (χ0v) is 20.9. The summed E-state index contributed by atoms with van der Waals surface area (Å²) in [6.07, 6.45) is 6.01. The molecule has 1 amide bonds. The van der Waals surface area contributed by atoms with Crippen LogP contribution in [0.15, 0.2) is 91.4 Å². The van der Waals surface area contributed by atoms with Gasteiger partial charge >= 0.3 is 0 Å². The molecule has 36 heavy (non-hydrogen) atoms. The van der Waals surface area contributed by atoms with Crippen LogP contribution in [0.2, 0.25) is 0 Å². The highest BCUT2D eigenvalue weighted by Crippen LogP contribution is 2.42. The van der Waals surface area contributed by atoms with E-state index in [2.05, 4.69) is 55.7 Å². The number of pyridine rings is 1. The lowest BCUT2D eigenvalue weighted by Crippen LogP contribution is -2.29. The molecule has 2 atom stereocenters. The number of benzene rings is 2. The van der Waals surface area contributed by atoms with Crippen molar-refractivity contribution in [3.05, 3.63) is 108 Å². The highest BCUT2D eigenvalue weighted by atomic mass is 32.1. The first-order chi connectivity index (χ1) is 17.5. The van der Waals surface area contributed by atoms with Crippen molar-refractivity contribution in [1.82, 2.24) is 14.9 Å². The van der Waals surface area contributed by atoms with Crippen LogP contribution in [0.3, 0.4) is 0 Å². The summed E-state index contributed by atoms with van der Waals surface area (Å²) in [5, 5.41) is 7.02. The van der Waals surface area contributed by atoms with Crippen LogP contribution in [-0.2, 0) is 9.53 Å². The Labute approximate surface area is 215 Å². The number of para-hydroxylation sites is 1. The number of aromatic nitrogens is 2. The van der Waals surface area contributed by atoms with Crippen molar-refractivity contribution in [3.8, 4) is 5.69 Å². The summed E-state index contributed by atoms with van der Waals surface area (Å²) in [7, 11) is 1.50. The average molecular weight is 498 g/mol. The predicted octanol–water partition coefficient (Wildman–Crippen LogP) is 4.94.